The summed E-state index contributed by atoms with van der Waals surface area (Å²) < 4.78 is 19.4. The van der Waals surface area contributed by atoms with E-state index in [0.717, 1.165) is 19.6 Å². The standard InChI is InChI=1S/C22H26ClFN4O3/c1-16(21(29)26-22(30)25-19-8-4-3-7-18(19)24)28-12-10-27(11-13-28)14-15-31-20-9-5-2-6-17(20)23/h2-9,16H,10-15H2,1H3,(H2,25,26,29,30). The summed E-state index contributed by atoms with van der Waals surface area (Å²) >= 11 is 6.09. The zero-order chi connectivity index (χ0) is 22.2. The quantitative estimate of drug-likeness (QED) is 0.680. The Kier molecular flexibility index (Phi) is 8.22. The molecule has 0 bridgehead atoms. The van der Waals surface area contributed by atoms with Gasteiger partial charge in [-0.15, -0.1) is 0 Å². The molecule has 1 fully saturated rings. The number of nitrogens with zero attached hydrogens (tertiary/aromatic N) is 2. The second-order valence-electron chi connectivity index (χ2n) is 7.26. The third-order valence-corrected chi connectivity index (χ3v) is 5.51. The number of hydrogen-bond donors (Lipinski definition) is 2. The van der Waals surface area contributed by atoms with E-state index in [9.17, 15) is 14.0 Å². The number of halogens is 2. The molecular weight excluding hydrogens is 423 g/mol. The van der Waals surface area contributed by atoms with Crippen LogP contribution in [-0.2, 0) is 4.79 Å². The molecule has 1 atom stereocenters. The maximum absolute atomic E-state index is 13.6. The topological polar surface area (TPSA) is 73.9 Å². The Hall–Kier alpha value is -2.68. The smallest absolute Gasteiger partial charge is 0.326 e. The second kappa shape index (κ2) is 11.1. The van der Waals surface area contributed by atoms with E-state index in [0.29, 0.717) is 30.5 Å². The summed E-state index contributed by atoms with van der Waals surface area (Å²) in [5.41, 5.74) is 0.0214. The van der Waals surface area contributed by atoms with E-state index in [4.69, 9.17) is 16.3 Å². The van der Waals surface area contributed by atoms with Crippen molar-refractivity contribution in [2.75, 3.05) is 44.6 Å². The number of para-hydroxylation sites is 2. The fourth-order valence-corrected chi connectivity index (χ4v) is 3.51. The third-order valence-electron chi connectivity index (χ3n) is 5.19. The highest BCUT2D eigenvalue weighted by Gasteiger charge is 2.26. The minimum absolute atomic E-state index is 0.0214. The predicted molar refractivity (Wildman–Crippen MR) is 118 cm³/mol. The Morgan fingerprint density at radius 3 is 2.48 bits per heavy atom. The van der Waals surface area contributed by atoms with Gasteiger partial charge in [0.2, 0.25) is 5.91 Å². The molecule has 166 valence electrons. The molecule has 0 aliphatic carbocycles. The van der Waals surface area contributed by atoms with E-state index in [-0.39, 0.29) is 5.69 Å². The van der Waals surface area contributed by atoms with Gasteiger partial charge in [0.05, 0.1) is 16.8 Å². The number of nitrogens with one attached hydrogen (secondary N) is 2. The first-order valence-corrected chi connectivity index (χ1v) is 10.5. The van der Waals surface area contributed by atoms with Gasteiger partial charge in [-0.2, -0.15) is 0 Å². The van der Waals surface area contributed by atoms with Crippen molar-refractivity contribution < 1.29 is 18.7 Å². The van der Waals surface area contributed by atoms with Gasteiger partial charge in [-0.25, -0.2) is 9.18 Å². The van der Waals surface area contributed by atoms with Gasteiger partial charge in [0.15, 0.2) is 0 Å². The Morgan fingerprint density at radius 1 is 1.10 bits per heavy atom. The fraction of sp³-hybridized carbons (Fsp3) is 0.364. The lowest BCUT2D eigenvalue weighted by Crippen LogP contribution is -2.55. The molecule has 2 N–H and O–H groups in total. The zero-order valence-corrected chi connectivity index (χ0v) is 18.1. The van der Waals surface area contributed by atoms with Crippen LogP contribution in [-0.4, -0.2) is 67.1 Å². The second-order valence-corrected chi connectivity index (χ2v) is 7.66. The summed E-state index contributed by atoms with van der Waals surface area (Å²) in [6.07, 6.45) is 0. The lowest BCUT2D eigenvalue weighted by atomic mass is 10.2. The van der Waals surface area contributed by atoms with Crippen LogP contribution in [0.2, 0.25) is 5.02 Å². The number of rotatable bonds is 7. The third kappa shape index (κ3) is 6.65. The minimum Gasteiger partial charge on any atom is -0.491 e. The molecule has 0 spiro atoms. The summed E-state index contributed by atoms with van der Waals surface area (Å²) in [5, 5.41) is 5.22. The molecular formula is C22H26ClFN4O3. The van der Waals surface area contributed by atoms with Gasteiger partial charge in [-0.1, -0.05) is 35.9 Å². The molecule has 9 heteroatoms. The summed E-state index contributed by atoms with van der Waals surface area (Å²) in [6, 6.07) is 11.9. The van der Waals surface area contributed by atoms with E-state index < -0.39 is 23.8 Å². The van der Waals surface area contributed by atoms with Crippen LogP contribution in [0.4, 0.5) is 14.9 Å². The molecule has 3 rings (SSSR count). The number of imide groups is 1. The number of amides is 3. The SMILES string of the molecule is CC(C(=O)NC(=O)Nc1ccccc1F)N1CCN(CCOc2ccccc2Cl)CC1. The van der Waals surface area contributed by atoms with E-state index >= 15 is 0 Å². The number of urea groups is 1. The van der Waals surface area contributed by atoms with Crippen LogP contribution in [0.25, 0.3) is 0 Å². The van der Waals surface area contributed by atoms with E-state index in [1.165, 1.54) is 18.2 Å². The summed E-state index contributed by atoms with van der Waals surface area (Å²) in [7, 11) is 0. The van der Waals surface area contributed by atoms with Crippen LogP contribution in [0.5, 0.6) is 5.75 Å². The predicted octanol–water partition coefficient (Wildman–Crippen LogP) is 3.21. The molecule has 1 aliphatic heterocycles. The number of hydrogen-bond acceptors (Lipinski definition) is 5. The highest BCUT2D eigenvalue weighted by Crippen LogP contribution is 2.23. The number of piperazine rings is 1. The average molecular weight is 449 g/mol. The lowest BCUT2D eigenvalue weighted by Gasteiger charge is -2.37. The number of carbonyl (C=O) groups excluding carboxylic acids is 2. The number of benzene rings is 2. The maximum atomic E-state index is 13.6. The van der Waals surface area contributed by atoms with Crippen LogP contribution in [0.15, 0.2) is 48.5 Å². The monoisotopic (exact) mass is 448 g/mol. The molecule has 0 radical (unpaired) electrons. The van der Waals surface area contributed by atoms with Crippen molar-refractivity contribution in [3.05, 3.63) is 59.4 Å². The number of ether oxygens (including phenoxy) is 1. The molecule has 3 amide bonds. The first kappa shape index (κ1) is 23.0. The molecule has 31 heavy (non-hydrogen) atoms. The van der Waals surface area contributed by atoms with Gasteiger partial charge in [0.1, 0.15) is 18.2 Å². The Balaban J connectivity index is 1.38. The van der Waals surface area contributed by atoms with E-state index in [1.807, 2.05) is 23.1 Å². The van der Waals surface area contributed by atoms with Crippen LogP contribution in [0.3, 0.4) is 0 Å². The van der Waals surface area contributed by atoms with Gasteiger partial charge in [0.25, 0.3) is 0 Å². The minimum atomic E-state index is -0.752. The van der Waals surface area contributed by atoms with E-state index in [2.05, 4.69) is 15.5 Å². The van der Waals surface area contributed by atoms with Crippen molar-refractivity contribution in [3.8, 4) is 5.75 Å². The Bertz CT molecular complexity index is 906. The molecule has 0 saturated carbocycles. The molecule has 2 aromatic carbocycles. The van der Waals surface area contributed by atoms with Crippen molar-refractivity contribution in [2.45, 2.75) is 13.0 Å². The Morgan fingerprint density at radius 2 is 1.77 bits per heavy atom. The van der Waals surface area contributed by atoms with Crippen molar-refractivity contribution in [2.24, 2.45) is 0 Å². The van der Waals surface area contributed by atoms with Gasteiger partial charge < -0.3 is 10.1 Å². The number of anilines is 1. The van der Waals surface area contributed by atoms with Gasteiger partial charge in [-0.05, 0) is 31.2 Å². The van der Waals surface area contributed by atoms with Crippen molar-refractivity contribution in [1.82, 2.24) is 15.1 Å². The first-order chi connectivity index (χ1) is 14.9. The normalized spacial score (nSPS) is 15.8. The summed E-state index contributed by atoms with van der Waals surface area (Å²) in [5.74, 6) is -0.320. The maximum Gasteiger partial charge on any atom is 0.326 e. The van der Waals surface area contributed by atoms with Gasteiger partial charge in [-0.3, -0.25) is 19.9 Å². The average Bonchev–Trinajstić information content (AvgIpc) is 2.76. The summed E-state index contributed by atoms with van der Waals surface area (Å²) in [4.78, 5) is 28.7. The highest BCUT2D eigenvalue weighted by atomic mass is 35.5. The van der Waals surface area contributed by atoms with Crippen LogP contribution >= 0.6 is 11.6 Å². The molecule has 1 unspecified atom stereocenters. The van der Waals surface area contributed by atoms with Gasteiger partial charge >= 0.3 is 6.03 Å². The molecule has 1 heterocycles. The molecule has 1 aliphatic rings. The van der Waals surface area contributed by atoms with E-state index in [1.54, 1.807) is 19.1 Å². The van der Waals surface area contributed by atoms with Gasteiger partial charge in [0, 0.05) is 32.7 Å². The first-order valence-electron chi connectivity index (χ1n) is 10.1. The molecule has 0 aromatic heterocycles. The van der Waals surface area contributed by atoms with Crippen LogP contribution < -0.4 is 15.4 Å². The van der Waals surface area contributed by atoms with Crippen molar-refractivity contribution in [3.63, 3.8) is 0 Å². The highest BCUT2D eigenvalue weighted by molar-refractivity contribution is 6.32. The van der Waals surface area contributed by atoms with Crippen molar-refractivity contribution >= 4 is 29.2 Å². The summed E-state index contributed by atoms with van der Waals surface area (Å²) in [6.45, 7) is 5.98. The van der Waals surface area contributed by atoms with Crippen molar-refractivity contribution in [1.29, 1.82) is 0 Å². The largest absolute Gasteiger partial charge is 0.491 e. The molecule has 7 nitrogen and oxygen atoms in total. The Labute approximate surface area is 186 Å². The molecule has 1 saturated heterocycles. The van der Waals surface area contributed by atoms with Crippen LogP contribution in [0.1, 0.15) is 6.92 Å². The zero-order valence-electron chi connectivity index (χ0n) is 17.3. The number of carbonyl (C=O) groups is 2. The molecule has 2 aromatic rings. The fourth-order valence-electron chi connectivity index (χ4n) is 3.32. The van der Waals surface area contributed by atoms with Crippen LogP contribution in [0, 0.1) is 5.82 Å². The lowest BCUT2D eigenvalue weighted by molar-refractivity contribution is -0.125.